The minimum absolute atomic E-state index is 0.171. The largest absolute Gasteiger partial charge is 0.380 e. The third kappa shape index (κ3) is 3.81. The van der Waals surface area contributed by atoms with Gasteiger partial charge in [-0.3, -0.25) is 9.36 Å². The van der Waals surface area contributed by atoms with E-state index in [1.54, 1.807) is 22.8 Å². The van der Waals surface area contributed by atoms with Gasteiger partial charge in [-0.1, -0.05) is 12.1 Å². The van der Waals surface area contributed by atoms with Crippen molar-refractivity contribution in [1.82, 2.24) is 14.9 Å². The van der Waals surface area contributed by atoms with Gasteiger partial charge in [0.15, 0.2) is 0 Å². The summed E-state index contributed by atoms with van der Waals surface area (Å²) in [4.78, 5) is 17.8. The minimum atomic E-state index is -0.347. The summed E-state index contributed by atoms with van der Waals surface area (Å²) in [6, 6.07) is 12.9. The number of halogens is 1. The number of nitrogens with zero attached hydrogens (tertiary/aromatic N) is 2. The first-order valence-electron chi connectivity index (χ1n) is 8.70. The number of rotatable bonds is 7. The number of ether oxygens (including phenoxy) is 1. The summed E-state index contributed by atoms with van der Waals surface area (Å²) in [6.45, 7) is 5.77. The predicted octanol–water partition coefficient (Wildman–Crippen LogP) is 3.21. The Balaban J connectivity index is 2.08. The lowest BCUT2D eigenvalue weighted by Gasteiger charge is -2.19. The Kier molecular flexibility index (Phi) is 5.75. The molecule has 1 N–H and O–H groups in total. The fourth-order valence-electron chi connectivity index (χ4n) is 2.86. The van der Waals surface area contributed by atoms with Gasteiger partial charge >= 0.3 is 0 Å². The van der Waals surface area contributed by atoms with Gasteiger partial charge in [0.2, 0.25) is 0 Å². The molecule has 0 amide bonds. The van der Waals surface area contributed by atoms with Gasteiger partial charge < -0.3 is 10.1 Å². The lowest BCUT2D eigenvalue weighted by molar-refractivity contribution is 0.147. The van der Waals surface area contributed by atoms with Gasteiger partial charge in [-0.25, -0.2) is 9.37 Å². The van der Waals surface area contributed by atoms with E-state index >= 15 is 0 Å². The van der Waals surface area contributed by atoms with E-state index in [1.165, 1.54) is 12.1 Å². The smallest absolute Gasteiger partial charge is 0.266 e. The highest BCUT2D eigenvalue weighted by atomic mass is 19.1. The fourth-order valence-corrected chi connectivity index (χ4v) is 2.86. The zero-order chi connectivity index (χ0) is 18.5. The number of para-hydroxylation sites is 1. The molecule has 26 heavy (non-hydrogen) atoms. The zero-order valence-electron chi connectivity index (χ0n) is 14.9. The van der Waals surface area contributed by atoms with E-state index in [9.17, 15) is 9.18 Å². The Hall–Kier alpha value is -2.57. The highest BCUT2D eigenvalue weighted by Gasteiger charge is 2.17. The Morgan fingerprint density at radius 2 is 1.92 bits per heavy atom. The topological polar surface area (TPSA) is 56.1 Å². The van der Waals surface area contributed by atoms with Crippen molar-refractivity contribution in [3.63, 3.8) is 0 Å². The van der Waals surface area contributed by atoms with E-state index in [0.717, 1.165) is 0 Å². The molecule has 0 saturated heterocycles. The number of fused-ring (bicyclic) bond motifs is 1. The number of nitrogens with one attached hydrogen (secondary N) is 1. The Morgan fingerprint density at radius 3 is 2.65 bits per heavy atom. The Labute approximate surface area is 151 Å². The highest BCUT2D eigenvalue weighted by molar-refractivity contribution is 5.77. The van der Waals surface area contributed by atoms with Crippen molar-refractivity contribution >= 4 is 10.9 Å². The molecule has 0 radical (unpaired) electrons. The lowest BCUT2D eigenvalue weighted by Crippen LogP contribution is -2.31. The van der Waals surface area contributed by atoms with E-state index in [2.05, 4.69) is 5.32 Å². The summed E-state index contributed by atoms with van der Waals surface area (Å²) in [5.74, 6) is 0.233. The molecular formula is C20H22FN3O2. The van der Waals surface area contributed by atoms with Crippen molar-refractivity contribution in [3.05, 3.63) is 70.5 Å². The molecule has 2 aromatic carbocycles. The molecular weight excluding hydrogens is 333 g/mol. The summed E-state index contributed by atoms with van der Waals surface area (Å²) in [5.41, 5.74) is 1.06. The van der Waals surface area contributed by atoms with Gasteiger partial charge in [0, 0.05) is 13.2 Å². The fraction of sp³-hybridized carbons (Fsp3) is 0.300. The van der Waals surface area contributed by atoms with Crippen LogP contribution in [0.15, 0.2) is 53.3 Å². The summed E-state index contributed by atoms with van der Waals surface area (Å²) < 4.78 is 20.2. The van der Waals surface area contributed by atoms with Crippen molar-refractivity contribution in [2.24, 2.45) is 0 Å². The molecule has 1 heterocycles. The summed E-state index contributed by atoms with van der Waals surface area (Å²) in [7, 11) is 0. The Bertz CT molecular complexity index is 938. The van der Waals surface area contributed by atoms with Crippen LogP contribution in [0.1, 0.15) is 25.7 Å². The summed E-state index contributed by atoms with van der Waals surface area (Å²) >= 11 is 0. The van der Waals surface area contributed by atoms with Gasteiger partial charge in [-0.2, -0.15) is 0 Å². The third-order valence-corrected chi connectivity index (χ3v) is 4.17. The maximum Gasteiger partial charge on any atom is 0.266 e. The first kappa shape index (κ1) is 18.2. The van der Waals surface area contributed by atoms with Gasteiger partial charge in [-0.05, 0) is 50.2 Å². The average Bonchev–Trinajstić information content (AvgIpc) is 2.66. The second kappa shape index (κ2) is 8.21. The first-order valence-corrected chi connectivity index (χ1v) is 8.70. The molecule has 5 nitrogen and oxygen atoms in total. The molecule has 3 aromatic rings. The molecule has 0 saturated carbocycles. The number of hydrogen-bond donors (Lipinski definition) is 1. The van der Waals surface area contributed by atoms with Gasteiger partial charge in [0.25, 0.3) is 5.56 Å². The maximum absolute atomic E-state index is 13.3. The molecule has 3 rings (SSSR count). The molecule has 0 bridgehead atoms. The SMILES string of the molecule is CCOCCNC(C)c1nc2ccccc2c(=O)n1-c1ccc(F)cc1. The van der Waals surface area contributed by atoms with Crippen LogP contribution in [0.25, 0.3) is 16.6 Å². The van der Waals surface area contributed by atoms with Crippen molar-refractivity contribution in [2.45, 2.75) is 19.9 Å². The normalized spacial score (nSPS) is 12.4. The van der Waals surface area contributed by atoms with Crippen LogP contribution in [0.4, 0.5) is 4.39 Å². The monoisotopic (exact) mass is 355 g/mol. The minimum Gasteiger partial charge on any atom is -0.380 e. The van der Waals surface area contributed by atoms with Crippen molar-refractivity contribution in [2.75, 3.05) is 19.8 Å². The van der Waals surface area contributed by atoms with Crippen LogP contribution in [0.3, 0.4) is 0 Å². The summed E-state index contributed by atoms with van der Waals surface area (Å²) in [5, 5.41) is 3.86. The van der Waals surface area contributed by atoms with Crippen LogP contribution in [0, 0.1) is 5.82 Å². The van der Waals surface area contributed by atoms with E-state index < -0.39 is 0 Å². The highest BCUT2D eigenvalue weighted by Crippen LogP contribution is 2.18. The molecule has 0 aliphatic heterocycles. The summed E-state index contributed by atoms with van der Waals surface area (Å²) in [6.07, 6.45) is 0. The van der Waals surface area contributed by atoms with Crippen molar-refractivity contribution in [3.8, 4) is 5.69 Å². The second-order valence-corrected chi connectivity index (χ2v) is 5.98. The molecule has 1 unspecified atom stereocenters. The van der Waals surface area contributed by atoms with Crippen molar-refractivity contribution < 1.29 is 9.13 Å². The average molecular weight is 355 g/mol. The second-order valence-electron chi connectivity index (χ2n) is 5.98. The standard InChI is InChI=1S/C20H22FN3O2/c1-3-26-13-12-22-14(2)19-23-18-7-5-4-6-17(18)20(25)24(19)16-10-8-15(21)9-11-16/h4-11,14,22H,3,12-13H2,1-2H3. The number of aromatic nitrogens is 2. The van der Waals surface area contributed by atoms with Gasteiger partial charge in [0.05, 0.1) is 29.2 Å². The number of benzene rings is 2. The lowest BCUT2D eigenvalue weighted by atomic mass is 10.2. The molecule has 1 atom stereocenters. The first-order chi connectivity index (χ1) is 12.6. The third-order valence-electron chi connectivity index (χ3n) is 4.17. The van der Waals surface area contributed by atoms with Crippen LogP contribution in [0.5, 0.6) is 0 Å². The number of hydrogen-bond acceptors (Lipinski definition) is 4. The molecule has 0 aliphatic carbocycles. The predicted molar refractivity (Wildman–Crippen MR) is 100 cm³/mol. The van der Waals surface area contributed by atoms with Crippen molar-refractivity contribution in [1.29, 1.82) is 0 Å². The van der Waals surface area contributed by atoms with E-state index in [1.807, 2.05) is 32.0 Å². The molecule has 1 aromatic heterocycles. The Morgan fingerprint density at radius 1 is 1.19 bits per heavy atom. The quantitative estimate of drug-likeness (QED) is 0.661. The van der Waals surface area contributed by atoms with Crippen LogP contribution >= 0.6 is 0 Å². The van der Waals surface area contributed by atoms with Gasteiger partial charge in [-0.15, -0.1) is 0 Å². The molecule has 0 spiro atoms. The van der Waals surface area contributed by atoms with E-state index in [4.69, 9.17) is 9.72 Å². The molecule has 0 aliphatic rings. The van der Waals surface area contributed by atoms with Crippen LogP contribution in [0.2, 0.25) is 0 Å². The molecule has 6 heteroatoms. The van der Waals surface area contributed by atoms with E-state index in [0.29, 0.717) is 42.2 Å². The zero-order valence-corrected chi connectivity index (χ0v) is 14.9. The molecule has 136 valence electrons. The maximum atomic E-state index is 13.3. The van der Waals surface area contributed by atoms with Gasteiger partial charge in [0.1, 0.15) is 11.6 Å². The molecule has 0 fully saturated rings. The van der Waals surface area contributed by atoms with Crippen LogP contribution in [-0.4, -0.2) is 29.3 Å². The van der Waals surface area contributed by atoms with E-state index in [-0.39, 0.29) is 17.4 Å². The van der Waals surface area contributed by atoms with Crippen LogP contribution < -0.4 is 10.9 Å². The van der Waals surface area contributed by atoms with Crippen LogP contribution in [-0.2, 0) is 4.74 Å².